The summed E-state index contributed by atoms with van der Waals surface area (Å²) < 4.78 is 0. The number of pyridine rings is 3. The van der Waals surface area contributed by atoms with Crippen molar-refractivity contribution >= 4 is 16.7 Å². The first-order valence-electron chi connectivity index (χ1n) is 10.9. The molecule has 31 heavy (non-hydrogen) atoms. The van der Waals surface area contributed by atoms with Gasteiger partial charge in [-0.15, -0.1) is 0 Å². The van der Waals surface area contributed by atoms with Crippen LogP contribution in [0.5, 0.6) is 0 Å². The van der Waals surface area contributed by atoms with Crippen molar-refractivity contribution in [3.63, 3.8) is 0 Å². The minimum Gasteiger partial charge on any atom is -0.392 e. The lowest BCUT2D eigenvalue weighted by atomic mass is 10.0. The average molecular weight is 423 g/mol. The van der Waals surface area contributed by atoms with Gasteiger partial charge in [0, 0.05) is 59.8 Å². The van der Waals surface area contributed by atoms with Gasteiger partial charge in [0.05, 0.1) is 12.1 Å². The standard InChI is InChI=1S/C23H30N6O2/c1-15-9-19-20(17-10-16(14-30)11-25-12-17)13-26-22(21(19)28-23(15)31)27-18-3-7-29(8-4-18)6-2-5-24/h9-13,18,30H,2-8,14,24H2,1H3,(H,26,27)(H,28,31). The third-order valence-corrected chi connectivity index (χ3v) is 5.97. The van der Waals surface area contributed by atoms with Gasteiger partial charge in [-0.25, -0.2) is 4.98 Å². The fourth-order valence-electron chi connectivity index (χ4n) is 4.17. The number of aliphatic hydroxyl groups excluding tert-OH is 1. The van der Waals surface area contributed by atoms with Crippen molar-refractivity contribution in [3.8, 4) is 11.1 Å². The van der Waals surface area contributed by atoms with E-state index in [4.69, 9.17) is 5.73 Å². The first kappa shape index (κ1) is 21.4. The molecule has 4 rings (SSSR count). The fourth-order valence-corrected chi connectivity index (χ4v) is 4.17. The smallest absolute Gasteiger partial charge is 0.251 e. The largest absolute Gasteiger partial charge is 0.392 e. The highest BCUT2D eigenvalue weighted by molar-refractivity contribution is 5.99. The molecule has 5 N–H and O–H groups in total. The molecule has 4 heterocycles. The van der Waals surface area contributed by atoms with Crippen LogP contribution in [0.4, 0.5) is 5.82 Å². The van der Waals surface area contributed by atoms with Crippen molar-refractivity contribution in [1.29, 1.82) is 0 Å². The summed E-state index contributed by atoms with van der Waals surface area (Å²) in [5, 5.41) is 13.9. The molecule has 0 bridgehead atoms. The molecule has 0 spiro atoms. The third kappa shape index (κ3) is 4.76. The summed E-state index contributed by atoms with van der Waals surface area (Å²) in [6.07, 6.45) is 8.28. The molecule has 8 nitrogen and oxygen atoms in total. The maximum Gasteiger partial charge on any atom is 0.251 e. The first-order chi connectivity index (χ1) is 15.1. The van der Waals surface area contributed by atoms with Crippen LogP contribution in [0, 0.1) is 6.92 Å². The second kappa shape index (κ2) is 9.55. The second-order valence-electron chi connectivity index (χ2n) is 8.23. The number of H-pyrrole nitrogens is 1. The highest BCUT2D eigenvalue weighted by Crippen LogP contribution is 2.31. The maximum atomic E-state index is 12.4. The lowest BCUT2D eigenvalue weighted by Crippen LogP contribution is -2.40. The number of likely N-dealkylation sites (tertiary alicyclic amines) is 1. The van der Waals surface area contributed by atoms with Gasteiger partial charge in [0.2, 0.25) is 0 Å². The summed E-state index contributed by atoms with van der Waals surface area (Å²) in [6.45, 7) is 5.56. The monoisotopic (exact) mass is 422 g/mol. The molecule has 1 fully saturated rings. The topological polar surface area (TPSA) is 120 Å². The zero-order chi connectivity index (χ0) is 21.8. The van der Waals surface area contributed by atoms with E-state index in [0.29, 0.717) is 22.9 Å². The summed E-state index contributed by atoms with van der Waals surface area (Å²) >= 11 is 0. The van der Waals surface area contributed by atoms with Crippen LogP contribution < -0.4 is 16.6 Å². The predicted molar refractivity (Wildman–Crippen MR) is 123 cm³/mol. The first-order valence-corrected chi connectivity index (χ1v) is 10.9. The van der Waals surface area contributed by atoms with E-state index >= 15 is 0 Å². The van der Waals surface area contributed by atoms with Crippen LogP contribution in [0.3, 0.4) is 0 Å². The summed E-state index contributed by atoms with van der Waals surface area (Å²) in [4.78, 5) is 26.8. The number of nitrogens with two attached hydrogens (primary N) is 1. The lowest BCUT2D eigenvalue weighted by molar-refractivity contribution is 0.218. The van der Waals surface area contributed by atoms with Crippen LogP contribution >= 0.6 is 0 Å². The Morgan fingerprint density at radius 3 is 2.81 bits per heavy atom. The zero-order valence-electron chi connectivity index (χ0n) is 17.9. The molecule has 1 aliphatic heterocycles. The van der Waals surface area contributed by atoms with E-state index in [1.54, 1.807) is 19.3 Å². The van der Waals surface area contributed by atoms with Crippen LogP contribution in [-0.4, -0.2) is 57.2 Å². The number of fused-ring (bicyclic) bond motifs is 1. The molecule has 3 aromatic rings. The Morgan fingerprint density at radius 1 is 1.26 bits per heavy atom. The number of hydrogen-bond donors (Lipinski definition) is 4. The SMILES string of the molecule is Cc1cc2c(-c3cncc(CO)c3)cnc(NC3CCN(CCCN)CC3)c2[nH]c1=O. The third-order valence-electron chi connectivity index (χ3n) is 5.97. The van der Waals surface area contributed by atoms with E-state index in [1.165, 1.54) is 0 Å². The van der Waals surface area contributed by atoms with E-state index in [0.717, 1.165) is 67.5 Å². The molecule has 0 unspecified atom stereocenters. The Kier molecular flexibility index (Phi) is 6.60. The second-order valence-corrected chi connectivity index (χ2v) is 8.23. The summed E-state index contributed by atoms with van der Waals surface area (Å²) in [6, 6.07) is 4.10. The van der Waals surface area contributed by atoms with Crippen molar-refractivity contribution in [2.24, 2.45) is 5.73 Å². The quantitative estimate of drug-likeness (QED) is 0.460. The van der Waals surface area contributed by atoms with Crippen LogP contribution in [0.15, 0.2) is 35.5 Å². The van der Waals surface area contributed by atoms with Gasteiger partial charge in [-0.3, -0.25) is 9.78 Å². The molecule has 8 heteroatoms. The molecule has 0 saturated carbocycles. The van der Waals surface area contributed by atoms with Crippen LogP contribution in [0.2, 0.25) is 0 Å². The molecular weight excluding hydrogens is 392 g/mol. The average Bonchev–Trinajstić information content (AvgIpc) is 2.80. The molecule has 0 atom stereocenters. The number of hydrogen-bond acceptors (Lipinski definition) is 7. The van der Waals surface area contributed by atoms with Gasteiger partial charge < -0.3 is 26.0 Å². The molecule has 1 saturated heterocycles. The zero-order valence-corrected chi connectivity index (χ0v) is 17.9. The molecule has 0 radical (unpaired) electrons. The number of rotatable bonds is 7. The van der Waals surface area contributed by atoms with Crippen LogP contribution in [0.25, 0.3) is 22.0 Å². The minimum atomic E-state index is -0.117. The van der Waals surface area contributed by atoms with Gasteiger partial charge in [0.1, 0.15) is 0 Å². The predicted octanol–water partition coefficient (Wildman–Crippen LogP) is 2.01. The number of piperidine rings is 1. The number of aryl methyl sites for hydroxylation is 1. The molecule has 0 amide bonds. The van der Waals surface area contributed by atoms with E-state index in [-0.39, 0.29) is 12.2 Å². The molecular formula is C23H30N6O2. The summed E-state index contributed by atoms with van der Waals surface area (Å²) in [7, 11) is 0. The lowest BCUT2D eigenvalue weighted by Gasteiger charge is -2.32. The van der Waals surface area contributed by atoms with Crippen LogP contribution in [-0.2, 0) is 6.61 Å². The highest BCUT2D eigenvalue weighted by Gasteiger charge is 2.21. The van der Waals surface area contributed by atoms with Crippen molar-refractivity contribution in [3.05, 3.63) is 52.2 Å². The van der Waals surface area contributed by atoms with Gasteiger partial charge in [-0.2, -0.15) is 0 Å². The highest BCUT2D eigenvalue weighted by atomic mass is 16.3. The summed E-state index contributed by atoms with van der Waals surface area (Å²) in [5.74, 6) is 0.697. The Hall–Kier alpha value is -2.81. The summed E-state index contributed by atoms with van der Waals surface area (Å²) in [5.41, 5.74) is 9.32. The molecule has 164 valence electrons. The van der Waals surface area contributed by atoms with E-state index in [2.05, 4.69) is 25.2 Å². The van der Waals surface area contributed by atoms with E-state index in [9.17, 15) is 9.90 Å². The van der Waals surface area contributed by atoms with Crippen molar-refractivity contribution in [2.75, 3.05) is 31.5 Å². The molecule has 0 aliphatic carbocycles. The van der Waals surface area contributed by atoms with Crippen molar-refractivity contribution in [2.45, 2.75) is 38.8 Å². The molecule has 0 aromatic carbocycles. The molecule has 1 aliphatic rings. The van der Waals surface area contributed by atoms with Gasteiger partial charge in [0.25, 0.3) is 5.56 Å². The Balaban J connectivity index is 1.65. The van der Waals surface area contributed by atoms with Gasteiger partial charge >= 0.3 is 0 Å². The Bertz CT molecular complexity index is 1100. The minimum absolute atomic E-state index is 0.0777. The number of aliphatic hydroxyl groups is 1. The van der Waals surface area contributed by atoms with Gasteiger partial charge in [-0.05, 0) is 57.0 Å². The fraction of sp³-hybridized carbons (Fsp3) is 0.435. The van der Waals surface area contributed by atoms with E-state index in [1.807, 2.05) is 18.3 Å². The Morgan fingerprint density at radius 2 is 2.06 bits per heavy atom. The van der Waals surface area contributed by atoms with Gasteiger partial charge in [0.15, 0.2) is 5.82 Å². The van der Waals surface area contributed by atoms with Gasteiger partial charge in [-0.1, -0.05) is 0 Å². The van der Waals surface area contributed by atoms with E-state index < -0.39 is 0 Å². The number of nitrogens with zero attached hydrogens (tertiary/aromatic N) is 3. The van der Waals surface area contributed by atoms with Crippen molar-refractivity contribution < 1.29 is 5.11 Å². The maximum absolute atomic E-state index is 12.4. The van der Waals surface area contributed by atoms with Crippen molar-refractivity contribution in [1.82, 2.24) is 19.9 Å². The number of anilines is 1. The number of aromatic nitrogens is 3. The Labute approximate surface area is 181 Å². The molecule has 3 aromatic heterocycles. The normalized spacial score (nSPS) is 15.5. The number of aromatic amines is 1. The number of nitrogens with one attached hydrogen (secondary N) is 2. The van der Waals surface area contributed by atoms with Crippen LogP contribution in [0.1, 0.15) is 30.4 Å².